The average Bonchev–Trinajstić information content (AvgIpc) is 2.47. The summed E-state index contributed by atoms with van der Waals surface area (Å²) in [5.41, 5.74) is 0.734. The fraction of sp³-hybridized carbons (Fsp3) is 0.667. The monoisotopic (exact) mass is 310 g/mol. The van der Waals surface area contributed by atoms with Gasteiger partial charge < -0.3 is 4.74 Å². The number of rotatable bonds is 1. The zero-order chi connectivity index (χ0) is 10.1. The van der Waals surface area contributed by atoms with Crippen molar-refractivity contribution in [3.05, 3.63) is 15.2 Å². The Hall–Kier alpha value is -0.170. The normalized spacial score (nSPS) is 22.6. The predicted octanol–water partition coefficient (Wildman–Crippen LogP) is 2.63. The smallest absolute Gasteiger partial charge is 0.227 e. The molecule has 1 atom stereocenters. The second kappa shape index (κ2) is 4.14. The summed E-state index contributed by atoms with van der Waals surface area (Å²) in [5, 5.41) is 4.14. The van der Waals surface area contributed by atoms with Gasteiger partial charge in [0.2, 0.25) is 5.95 Å². The fourth-order valence-corrected chi connectivity index (χ4v) is 1.96. The van der Waals surface area contributed by atoms with E-state index in [1.807, 2.05) is 29.5 Å². The van der Waals surface area contributed by atoms with E-state index in [0.29, 0.717) is 10.2 Å². The highest BCUT2D eigenvalue weighted by Crippen LogP contribution is 2.25. The van der Waals surface area contributed by atoms with E-state index in [9.17, 15) is 4.39 Å². The average molecular weight is 310 g/mol. The van der Waals surface area contributed by atoms with E-state index >= 15 is 0 Å². The lowest BCUT2D eigenvalue weighted by Crippen LogP contribution is -2.20. The summed E-state index contributed by atoms with van der Waals surface area (Å²) in [6.07, 6.45) is 2.80. The summed E-state index contributed by atoms with van der Waals surface area (Å²) in [7, 11) is 0. The van der Waals surface area contributed by atoms with Crippen molar-refractivity contribution in [3.8, 4) is 0 Å². The number of aromatic nitrogens is 2. The van der Waals surface area contributed by atoms with E-state index in [2.05, 4.69) is 5.10 Å². The molecule has 78 valence electrons. The van der Waals surface area contributed by atoms with Gasteiger partial charge in [0.25, 0.3) is 0 Å². The quantitative estimate of drug-likeness (QED) is 0.746. The number of aryl methyl sites for hydroxylation is 1. The van der Waals surface area contributed by atoms with Crippen LogP contribution in [0.5, 0.6) is 0 Å². The van der Waals surface area contributed by atoms with E-state index in [0.717, 1.165) is 25.0 Å². The number of halogens is 2. The van der Waals surface area contributed by atoms with Crippen molar-refractivity contribution in [1.29, 1.82) is 0 Å². The lowest BCUT2D eigenvalue weighted by molar-refractivity contribution is -0.0461. The standard InChI is InChI=1S/C9H12FIN2O/c1-6-8(11)9(10)13(12-6)7-4-2-3-5-14-7/h7H,2-5H2,1H3. The molecule has 1 fully saturated rings. The first-order chi connectivity index (χ1) is 6.70. The van der Waals surface area contributed by atoms with Gasteiger partial charge in [-0.3, -0.25) is 0 Å². The number of hydrogen-bond donors (Lipinski definition) is 0. The molecule has 2 rings (SSSR count). The van der Waals surface area contributed by atoms with E-state index < -0.39 is 0 Å². The molecule has 0 radical (unpaired) electrons. The number of hydrogen-bond acceptors (Lipinski definition) is 2. The maximum atomic E-state index is 13.6. The third-order valence-electron chi connectivity index (χ3n) is 2.39. The lowest BCUT2D eigenvalue weighted by Gasteiger charge is -2.22. The summed E-state index contributed by atoms with van der Waals surface area (Å²) in [6.45, 7) is 2.52. The molecule has 0 spiro atoms. The first-order valence-corrected chi connectivity index (χ1v) is 5.79. The van der Waals surface area contributed by atoms with Gasteiger partial charge in [0.05, 0.1) is 9.26 Å². The molecule has 0 bridgehead atoms. The Labute approximate surface area is 95.8 Å². The van der Waals surface area contributed by atoms with Gasteiger partial charge in [-0.25, -0.2) is 4.68 Å². The van der Waals surface area contributed by atoms with Crippen LogP contribution in [-0.2, 0) is 4.74 Å². The van der Waals surface area contributed by atoms with E-state index in [-0.39, 0.29) is 12.2 Å². The maximum Gasteiger partial charge on any atom is 0.227 e. The fourth-order valence-electron chi connectivity index (χ4n) is 1.61. The first kappa shape index (κ1) is 10.4. The zero-order valence-electron chi connectivity index (χ0n) is 7.96. The van der Waals surface area contributed by atoms with Crippen LogP contribution in [0.2, 0.25) is 0 Å². The van der Waals surface area contributed by atoms with Gasteiger partial charge in [-0.2, -0.15) is 9.49 Å². The molecule has 0 aliphatic carbocycles. The van der Waals surface area contributed by atoms with Crippen molar-refractivity contribution in [2.75, 3.05) is 6.61 Å². The maximum absolute atomic E-state index is 13.6. The summed E-state index contributed by atoms with van der Waals surface area (Å²) in [5.74, 6) is -0.269. The third-order valence-corrected chi connectivity index (χ3v) is 3.61. The van der Waals surface area contributed by atoms with Crippen LogP contribution >= 0.6 is 22.6 Å². The van der Waals surface area contributed by atoms with Gasteiger partial charge in [0.1, 0.15) is 0 Å². The molecule has 0 aromatic carbocycles. The summed E-state index contributed by atoms with van der Waals surface area (Å²) < 4.78 is 21.1. The molecule has 0 saturated carbocycles. The Morgan fingerprint density at radius 1 is 1.57 bits per heavy atom. The molecule has 3 nitrogen and oxygen atoms in total. The zero-order valence-corrected chi connectivity index (χ0v) is 10.1. The van der Waals surface area contributed by atoms with Crippen molar-refractivity contribution in [1.82, 2.24) is 9.78 Å². The minimum atomic E-state index is -0.269. The van der Waals surface area contributed by atoms with Crippen LogP contribution in [0.4, 0.5) is 4.39 Å². The third kappa shape index (κ3) is 1.79. The Balaban J connectivity index is 2.26. The Morgan fingerprint density at radius 2 is 2.36 bits per heavy atom. The largest absolute Gasteiger partial charge is 0.356 e. The van der Waals surface area contributed by atoms with Crippen LogP contribution in [0, 0.1) is 16.4 Å². The Bertz CT molecular complexity index is 334. The van der Waals surface area contributed by atoms with Gasteiger partial charge >= 0.3 is 0 Å². The molecule has 1 aromatic rings. The van der Waals surface area contributed by atoms with Crippen LogP contribution in [-0.4, -0.2) is 16.4 Å². The van der Waals surface area contributed by atoms with Gasteiger partial charge in [-0.1, -0.05) is 0 Å². The molecular weight excluding hydrogens is 298 g/mol. The SMILES string of the molecule is Cc1nn(C2CCCCO2)c(F)c1I. The van der Waals surface area contributed by atoms with Crippen LogP contribution < -0.4 is 0 Å². The predicted molar refractivity (Wildman–Crippen MR) is 58.5 cm³/mol. The van der Waals surface area contributed by atoms with Gasteiger partial charge in [0.15, 0.2) is 6.23 Å². The van der Waals surface area contributed by atoms with E-state index in [1.54, 1.807) is 0 Å². The molecule has 1 unspecified atom stereocenters. The van der Waals surface area contributed by atoms with Crippen LogP contribution in [0.3, 0.4) is 0 Å². The Morgan fingerprint density at radius 3 is 2.86 bits per heavy atom. The summed E-state index contributed by atoms with van der Waals surface area (Å²) in [6, 6.07) is 0. The highest BCUT2D eigenvalue weighted by molar-refractivity contribution is 14.1. The van der Waals surface area contributed by atoms with Crippen LogP contribution in [0.15, 0.2) is 0 Å². The van der Waals surface area contributed by atoms with E-state index in [4.69, 9.17) is 4.74 Å². The molecule has 5 heteroatoms. The molecule has 1 aromatic heterocycles. The molecular formula is C9H12FIN2O. The van der Waals surface area contributed by atoms with Gasteiger partial charge in [-0.15, -0.1) is 0 Å². The highest BCUT2D eigenvalue weighted by atomic mass is 127. The second-order valence-electron chi connectivity index (χ2n) is 3.46. The minimum Gasteiger partial charge on any atom is -0.356 e. The van der Waals surface area contributed by atoms with Crippen molar-refractivity contribution < 1.29 is 9.13 Å². The molecule has 0 amide bonds. The second-order valence-corrected chi connectivity index (χ2v) is 4.53. The minimum absolute atomic E-state index is 0.203. The van der Waals surface area contributed by atoms with Crippen molar-refractivity contribution in [2.24, 2.45) is 0 Å². The van der Waals surface area contributed by atoms with Crippen molar-refractivity contribution in [2.45, 2.75) is 32.4 Å². The molecule has 1 aliphatic rings. The molecule has 1 aliphatic heterocycles. The number of nitrogens with zero attached hydrogens (tertiary/aromatic N) is 2. The first-order valence-electron chi connectivity index (χ1n) is 4.72. The highest BCUT2D eigenvalue weighted by Gasteiger charge is 2.22. The molecule has 0 N–H and O–H groups in total. The number of ether oxygens (including phenoxy) is 1. The van der Waals surface area contributed by atoms with Gasteiger partial charge in [-0.05, 0) is 48.8 Å². The molecule has 14 heavy (non-hydrogen) atoms. The van der Waals surface area contributed by atoms with Crippen molar-refractivity contribution >= 4 is 22.6 Å². The topological polar surface area (TPSA) is 27.1 Å². The molecule has 1 saturated heterocycles. The van der Waals surface area contributed by atoms with Crippen LogP contribution in [0.1, 0.15) is 31.2 Å². The lowest BCUT2D eigenvalue weighted by atomic mass is 10.2. The summed E-state index contributed by atoms with van der Waals surface area (Å²) >= 11 is 1.97. The molecule has 2 heterocycles. The Kier molecular flexibility index (Phi) is 3.06. The van der Waals surface area contributed by atoms with Gasteiger partial charge in [0, 0.05) is 6.61 Å². The van der Waals surface area contributed by atoms with Crippen LogP contribution in [0.25, 0.3) is 0 Å². The van der Waals surface area contributed by atoms with E-state index in [1.165, 1.54) is 4.68 Å². The van der Waals surface area contributed by atoms with Crippen molar-refractivity contribution in [3.63, 3.8) is 0 Å². The summed E-state index contributed by atoms with van der Waals surface area (Å²) in [4.78, 5) is 0.